The van der Waals surface area contributed by atoms with Crippen LogP contribution in [0.4, 0.5) is 15.9 Å². The highest BCUT2D eigenvalue weighted by Crippen LogP contribution is 2.41. The number of sulfonamides is 1. The predicted octanol–water partition coefficient (Wildman–Crippen LogP) is 4.91. The second-order valence-electron chi connectivity index (χ2n) is 7.59. The summed E-state index contributed by atoms with van der Waals surface area (Å²) >= 11 is 6.01. The highest BCUT2D eigenvalue weighted by molar-refractivity contribution is 7.93. The first-order valence-corrected chi connectivity index (χ1v) is 12.2. The number of halogens is 2. The molecule has 9 nitrogen and oxygen atoms in total. The van der Waals surface area contributed by atoms with E-state index in [9.17, 15) is 13.2 Å². The van der Waals surface area contributed by atoms with E-state index in [4.69, 9.17) is 20.9 Å². The largest absolute Gasteiger partial charge is 0.495 e. The molecule has 0 unspecified atom stereocenters. The summed E-state index contributed by atoms with van der Waals surface area (Å²) in [5.41, 5.74) is 0.487. The number of nitrogens with zero attached hydrogens (tertiary/aromatic N) is 3. The third kappa shape index (κ3) is 4.18. The molecule has 12 heteroatoms. The van der Waals surface area contributed by atoms with E-state index in [2.05, 4.69) is 15.1 Å². The number of nitrogens with one attached hydrogen (secondary N) is 1. The standard InChI is InChI=1S/C24H16ClFN4O5S/c1-34-22-10-18(15-8-16(25)13-27-12-15)19(26)11-21(22)30(23-6-7-35-29-23)36(32,33)17-3-4-20-14(9-17)2-5-24(31)28-20/h2-13H,1H3,(H,28,31). The molecular formula is C24H16ClFN4O5S. The van der Waals surface area contributed by atoms with Gasteiger partial charge in [0.15, 0.2) is 5.82 Å². The average Bonchev–Trinajstić information content (AvgIpc) is 3.38. The topological polar surface area (TPSA) is 118 Å². The quantitative estimate of drug-likeness (QED) is 0.334. The molecule has 0 bridgehead atoms. The van der Waals surface area contributed by atoms with Gasteiger partial charge in [-0.05, 0) is 41.8 Å². The maximum atomic E-state index is 15.4. The number of rotatable bonds is 6. The number of methoxy groups -OCH3 is 1. The van der Waals surface area contributed by atoms with E-state index in [0.29, 0.717) is 21.5 Å². The van der Waals surface area contributed by atoms with Crippen LogP contribution in [0.5, 0.6) is 5.75 Å². The van der Waals surface area contributed by atoms with Crippen LogP contribution in [-0.2, 0) is 10.0 Å². The first-order chi connectivity index (χ1) is 17.3. The van der Waals surface area contributed by atoms with E-state index >= 15 is 4.39 Å². The minimum atomic E-state index is -4.37. The van der Waals surface area contributed by atoms with Gasteiger partial charge < -0.3 is 14.2 Å². The second kappa shape index (κ2) is 9.10. The Bertz CT molecular complexity index is 1760. The Kier molecular flexibility index (Phi) is 5.94. The summed E-state index contributed by atoms with van der Waals surface area (Å²) in [6.07, 6.45) is 4.03. The molecule has 0 fully saturated rings. The summed E-state index contributed by atoms with van der Waals surface area (Å²) in [4.78, 5) is 18.1. The van der Waals surface area contributed by atoms with Crippen molar-refractivity contribution in [1.82, 2.24) is 15.1 Å². The molecule has 36 heavy (non-hydrogen) atoms. The molecule has 0 aliphatic heterocycles. The first-order valence-electron chi connectivity index (χ1n) is 10.4. The van der Waals surface area contributed by atoms with E-state index < -0.39 is 15.8 Å². The average molecular weight is 527 g/mol. The van der Waals surface area contributed by atoms with E-state index in [1.807, 2.05) is 0 Å². The zero-order valence-corrected chi connectivity index (χ0v) is 20.0. The molecule has 5 rings (SSSR count). The van der Waals surface area contributed by atoms with Crippen molar-refractivity contribution in [2.24, 2.45) is 0 Å². The van der Waals surface area contributed by atoms with Crippen molar-refractivity contribution >= 4 is 44.0 Å². The van der Waals surface area contributed by atoms with Gasteiger partial charge in [0, 0.05) is 47.2 Å². The molecule has 0 atom stereocenters. The van der Waals surface area contributed by atoms with Crippen molar-refractivity contribution in [3.8, 4) is 16.9 Å². The Morgan fingerprint density at radius 1 is 1.08 bits per heavy atom. The van der Waals surface area contributed by atoms with Crippen LogP contribution in [0.2, 0.25) is 5.02 Å². The van der Waals surface area contributed by atoms with Crippen LogP contribution >= 0.6 is 11.6 Å². The van der Waals surface area contributed by atoms with Crippen LogP contribution in [0.3, 0.4) is 0 Å². The lowest BCUT2D eigenvalue weighted by atomic mass is 10.1. The van der Waals surface area contributed by atoms with Crippen LogP contribution in [0, 0.1) is 5.82 Å². The van der Waals surface area contributed by atoms with Gasteiger partial charge in [-0.1, -0.05) is 16.8 Å². The third-order valence-electron chi connectivity index (χ3n) is 5.37. The first kappa shape index (κ1) is 23.5. The number of pyridine rings is 2. The van der Waals surface area contributed by atoms with Crippen molar-refractivity contribution in [2.75, 3.05) is 11.4 Å². The van der Waals surface area contributed by atoms with Gasteiger partial charge in [-0.3, -0.25) is 9.78 Å². The molecule has 2 aromatic carbocycles. The number of aromatic nitrogens is 3. The lowest BCUT2D eigenvalue weighted by molar-refractivity contribution is 0.413. The van der Waals surface area contributed by atoms with Crippen LogP contribution in [0.1, 0.15) is 0 Å². The van der Waals surface area contributed by atoms with E-state index in [-0.39, 0.29) is 33.3 Å². The van der Waals surface area contributed by atoms with E-state index in [1.165, 1.54) is 74.3 Å². The number of benzene rings is 2. The Balaban J connectivity index is 1.70. The summed E-state index contributed by atoms with van der Waals surface area (Å²) < 4.78 is 54.3. The highest BCUT2D eigenvalue weighted by atomic mass is 35.5. The van der Waals surface area contributed by atoms with Crippen LogP contribution < -0.4 is 14.6 Å². The fourth-order valence-corrected chi connectivity index (χ4v) is 5.37. The molecular weight excluding hydrogens is 511 g/mol. The van der Waals surface area contributed by atoms with Crippen molar-refractivity contribution < 1.29 is 22.1 Å². The monoisotopic (exact) mass is 526 g/mol. The van der Waals surface area contributed by atoms with Gasteiger partial charge in [0.25, 0.3) is 10.0 Å². The molecule has 0 amide bonds. The fraction of sp³-hybridized carbons (Fsp3) is 0.0417. The molecule has 1 N–H and O–H groups in total. The molecule has 0 saturated carbocycles. The normalized spacial score (nSPS) is 11.5. The maximum Gasteiger partial charge on any atom is 0.270 e. The Morgan fingerprint density at radius 2 is 1.92 bits per heavy atom. The number of anilines is 2. The molecule has 0 aliphatic carbocycles. The number of fused-ring (bicyclic) bond motifs is 1. The number of hydrogen-bond donors (Lipinski definition) is 1. The fourth-order valence-electron chi connectivity index (χ4n) is 3.73. The van der Waals surface area contributed by atoms with Crippen LogP contribution in [0.15, 0.2) is 87.5 Å². The summed E-state index contributed by atoms with van der Waals surface area (Å²) in [6.45, 7) is 0. The Morgan fingerprint density at radius 3 is 2.64 bits per heavy atom. The van der Waals surface area contributed by atoms with Crippen LogP contribution in [-0.4, -0.2) is 30.7 Å². The summed E-state index contributed by atoms with van der Waals surface area (Å²) in [7, 11) is -3.04. The van der Waals surface area contributed by atoms with Gasteiger partial charge in [-0.25, -0.2) is 17.1 Å². The van der Waals surface area contributed by atoms with Crippen molar-refractivity contribution in [1.29, 1.82) is 0 Å². The smallest absolute Gasteiger partial charge is 0.270 e. The van der Waals surface area contributed by atoms with Gasteiger partial charge in [0.05, 0.1) is 17.0 Å². The molecule has 0 radical (unpaired) electrons. The van der Waals surface area contributed by atoms with E-state index in [0.717, 1.165) is 10.4 Å². The van der Waals surface area contributed by atoms with Gasteiger partial charge in [-0.15, -0.1) is 0 Å². The zero-order chi connectivity index (χ0) is 25.4. The zero-order valence-electron chi connectivity index (χ0n) is 18.5. The molecule has 0 saturated heterocycles. The van der Waals surface area contributed by atoms with Crippen molar-refractivity contribution in [3.63, 3.8) is 0 Å². The van der Waals surface area contributed by atoms with Crippen LogP contribution in [0.25, 0.3) is 22.0 Å². The minimum Gasteiger partial charge on any atom is -0.495 e. The minimum absolute atomic E-state index is 0.0445. The Hall–Kier alpha value is -4.22. The van der Waals surface area contributed by atoms with E-state index in [1.54, 1.807) is 0 Å². The number of H-pyrrole nitrogens is 1. The molecule has 3 heterocycles. The highest BCUT2D eigenvalue weighted by Gasteiger charge is 2.32. The summed E-state index contributed by atoms with van der Waals surface area (Å²) in [6, 6.07) is 12.2. The lowest BCUT2D eigenvalue weighted by Crippen LogP contribution is -2.27. The molecule has 182 valence electrons. The van der Waals surface area contributed by atoms with Gasteiger partial charge in [0.2, 0.25) is 5.56 Å². The number of ether oxygens (including phenoxy) is 1. The lowest BCUT2D eigenvalue weighted by Gasteiger charge is -2.24. The second-order valence-corrected chi connectivity index (χ2v) is 9.82. The molecule has 0 spiro atoms. The van der Waals surface area contributed by atoms with Gasteiger partial charge in [0.1, 0.15) is 23.5 Å². The van der Waals surface area contributed by atoms with Crippen molar-refractivity contribution in [3.05, 3.63) is 94.4 Å². The Labute approximate surface area is 208 Å². The summed E-state index contributed by atoms with van der Waals surface area (Å²) in [5.74, 6) is -0.816. The number of hydrogen-bond acceptors (Lipinski definition) is 7. The SMILES string of the molecule is COc1cc(-c2cncc(Cl)c2)c(F)cc1N(c1ccon1)S(=O)(=O)c1ccc2[nH]c(=O)ccc2c1. The van der Waals surface area contributed by atoms with Crippen molar-refractivity contribution in [2.45, 2.75) is 4.90 Å². The van der Waals surface area contributed by atoms with Gasteiger partial charge in [-0.2, -0.15) is 0 Å². The number of aromatic amines is 1. The maximum absolute atomic E-state index is 15.4. The molecule has 0 aliphatic rings. The predicted molar refractivity (Wildman–Crippen MR) is 132 cm³/mol. The molecule has 5 aromatic rings. The summed E-state index contributed by atoms with van der Waals surface area (Å²) in [5, 5.41) is 4.56. The third-order valence-corrected chi connectivity index (χ3v) is 7.29. The molecule has 3 aromatic heterocycles. The van der Waals surface area contributed by atoms with Gasteiger partial charge >= 0.3 is 0 Å².